The van der Waals surface area contributed by atoms with E-state index < -0.39 is 16.1 Å². The van der Waals surface area contributed by atoms with Crippen molar-refractivity contribution in [2.75, 3.05) is 25.3 Å². The summed E-state index contributed by atoms with van der Waals surface area (Å²) in [6, 6.07) is 11.8. The molecular weight excluding hydrogens is 380 g/mol. The molecule has 3 rings (SSSR count). The summed E-state index contributed by atoms with van der Waals surface area (Å²) in [6.07, 6.45) is 0.328. The molecule has 0 saturated carbocycles. The molecule has 0 spiro atoms. The van der Waals surface area contributed by atoms with Gasteiger partial charge < -0.3 is 14.8 Å². The lowest BCUT2D eigenvalue weighted by Gasteiger charge is -2.34. The molecule has 2 aromatic carbocycles. The number of fused-ring (bicyclic) bond motifs is 1. The molecule has 7 nitrogen and oxygen atoms in total. The number of ether oxygens (including phenoxy) is 2. The van der Waals surface area contributed by atoms with Crippen LogP contribution in [0.3, 0.4) is 0 Å². The summed E-state index contributed by atoms with van der Waals surface area (Å²) >= 11 is 0. The summed E-state index contributed by atoms with van der Waals surface area (Å²) in [7, 11) is -0.504. The van der Waals surface area contributed by atoms with E-state index in [0.717, 1.165) is 11.1 Å². The number of nitrogens with one attached hydrogen (secondary N) is 1. The second-order valence-electron chi connectivity index (χ2n) is 6.49. The Hall–Kier alpha value is -2.58. The van der Waals surface area contributed by atoms with Crippen LogP contribution in [-0.2, 0) is 27.8 Å². The topological polar surface area (TPSA) is 84.9 Å². The third-order valence-corrected chi connectivity index (χ3v) is 6.71. The maximum atomic E-state index is 13.0. The van der Waals surface area contributed by atoms with Gasteiger partial charge in [-0.25, -0.2) is 8.42 Å². The first-order valence-electron chi connectivity index (χ1n) is 8.98. The maximum Gasteiger partial charge on any atom is 0.243 e. The van der Waals surface area contributed by atoms with Crippen molar-refractivity contribution >= 4 is 21.6 Å². The smallest absolute Gasteiger partial charge is 0.243 e. The van der Waals surface area contributed by atoms with E-state index in [2.05, 4.69) is 5.32 Å². The molecule has 2 aromatic rings. The number of hydrogen-bond donors (Lipinski definition) is 1. The predicted octanol–water partition coefficient (Wildman–Crippen LogP) is 2.42. The molecule has 28 heavy (non-hydrogen) atoms. The van der Waals surface area contributed by atoms with E-state index in [1.54, 1.807) is 25.1 Å². The Morgan fingerprint density at radius 3 is 2.43 bits per heavy atom. The summed E-state index contributed by atoms with van der Waals surface area (Å²) in [4.78, 5) is 13.0. The standard InChI is InChI=1S/C20H24N2O5S/c1-4-28(24,25)22-13-15-8-6-5-7-14(15)11-17(22)20(23)21-16-9-10-18(26-2)19(12-16)27-3/h5-10,12,17H,4,11,13H2,1-3H3,(H,21,23)/t17-/m0/s1. The van der Waals surface area contributed by atoms with Crippen LogP contribution < -0.4 is 14.8 Å². The molecule has 8 heteroatoms. The van der Waals surface area contributed by atoms with Crippen molar-refractivity contribution in [1.29, 1.82) is 0 Å². The van der Waals surface area contributed by atoms with E-state index >= 15 is 0 Å². The summed E-state index contributed by atoms with van der Waals surface area (Å²) in [5.74, 6) is 0.586. The Bertz CT molecular complexity index is 974. The molecule has 0 aliphatic carbocycles. The van der Waals surface area contributed by atoms with Gasteiger partial charge in [0, 0.05) is 18.3 Å². The molecule has 0 unspecified atom stereocenters. The Balaban J connectivity index is 1.90. The summed E-state index contributed by atoms with van der Waals surface area (Å²) in [6.45, 7) is 1.77. The molecule has 1 amide bonds. The van der Waals surface area contributed by atoms with Crippen molar-refractivity contribution in [3.63, 3.8) is 0 Å². The van der Waals surface area contributed by atoms with Crippen molar-refractivity contribution in [3.05, 3.63) is 53.6 Å². The number of benzene rings is 2. The van der Waals surface area contributed by atoms with Gasteiger partial charge in [-0.15, -0.1) is 0 Å². The van der Waals surface area contributed by atoms with Crippen LogP contribution in [0, 0.1) is 0 Å². The monoisotopic (exact) mass is 404 g/mol. The van der Waals surface area contributed by atoms with Gasteiger partial charge >= 0.3 is 0 Å². The van der Waals surface area contributed by atoms with Gasteiger partial charge in [-0.05, 0) is 36.6 Å². The second-order valence-corrected chi connectivity index (χ2v) is 8.70. The number of amides is 1. The minimum atomic E-state index is -3.55. The zero-order valence-electron chi connectivity index (χ0n) is 16.1. The Morgan fingerprint density at radius 1 is 1.11 bits per heavy atom. The normalized spacial score (nSPS) is 16.9. The van der Waals surface area contributed by atoms with Crippen LogP contribution in [0.2, 0.25) is 0 Å². The van der Waals surface area contributed by atoms with Crippen LogP contribution in [0.25, 0.3) is 0 Å². The van der Waals surface area contributed by atoms with E-state index in [1.165, 1.54) is 18.5 Å². The van der Waals surface area contributed by atoms with Crippen molar-refractivity contribution in [2.24, 2.45) is 0 Å². The van der Waals surface area contributed by atoms with Gasteiger partial charge in [0.2, 0.25) is 15.9 Å². The molecule has 1 aliphatic rings. The fourth-order valence-corrected chi connectivity index (χ4v) is 4.55. The summed E-state index contributed by atoms with van der Waals surface area (Å²) in [5.41, 5.74) is 2.42. The average Bonchev–Trinajstić information content (AvgIpc) is 2.72. The van der Waals surface area contributed by atoms with E-state index in [9.17, 15) is 13.2 Å². The zero-order valence-corrected chi connectivity index (χ0v) is 17.0. The lowest BCUT2D eigenvalue weighted by atomic mass is 9.95. The number of hydrogen-bond acceptors (Lipinski definition) is 5. The van der Waals surface area contributed by atoms with Gasteiger partial charge in [0.05, 0.1) is 20.0 Å². The van der Waals surface area contributed by atoms with Crippen molar-refractivity contribution < 1.29 is 22.7 Å². The molecule has 1 aliphatic heterocycles. The third-order valence-electron chi connectivity index (χ3n) is 4.88. The first-order chi connectivity index (χ1) is 13.4. The Kier molecular flexibility index (Phi) is 5.90. The second kappa shape index (κ2) is 8.20. The fourth-order valence-electron chi connectivity index (χ4n) is 3.32. The number of sulfonamides is 1. The SMILES string of the molecule is CCS(=O)(=O)N1Cc2ccccc2C[C@H]1C(=O)Nc1ccc(OC)c(OC)c1. The van der Waals surface area contributed by atoms with Gasteiger partial charge in [-0.2, -0.15) is 4.31 Å². The largest absolute Gasteiger partial charge is 0.493 e. The highest BCUT2D eigenvalue weighted by atomic mass is 32.2. The lowest BCUT2D eigenvalue weighted by molar-refractivity contribution is -0.120. The Morgan fingerprint density at radius 2 is 1.79 bits per heavy atom. The number of rotatable bonds is 6. The van der Waals surface area contributed by atoms with E-state index in [1.807, 2.05) is 24.3 Å². The van der Waals surface area contributed by atoms with Crippen LogP contribution in [0.15, 0.2) is 42.5 Å². The van der Waals surface area contributed by atoms with Gasteiger partial charge in [0.25, 0.3) is 0 Å². The van der Waals surface area contributed by atoms with E-state index in [-0.39, 0.29) is 18.2 Å². The highest BCUT2D eigenvalue weighted by Gasteiger charge is 2.38. The van der Waals surface area contributed by atoms with E-state index in [4.69, 9.17) is 9.47 Å². The lowest BCUT2D eigenvalue weighted by Crippen LogP contribution is -2.51. The minimum absolute atomic E-state index is 0.0602. The first-order valence-corrected chi connectivity index (χ1v) is 10.6. The molecule has 0 bridgehead atoms. The minimum Gasteiger partial charge on any atom is -0.493 e. The molecule has 0 aromatic heterocycles. The van der Waals surface area contributed by atoms with Crippen LogP contribution in [-0.4, -0.2) is 44.6 Å². The number of methoxy groups -OCH3 is 2. The van der Waals surface area contributed by atoms with E-state index in [0.29, 0.717) is 23.6 Å². The number of anilines is 1. The molecule has 150 valence electrons. The summed E-state index contributed by atoms with van der Waals surface area (Å²) < 4.78 is 37.0. The fraction of sp³-hybridized carbons (Fsp3) is 0.350. The van der Waals surface area contributed by atoms with Gasteiger partial charge in [0.15, 0.2) is 11.5 Å². The molecule has 0 radical (unpaired) electrons. The average molecular weight is 404 g/mol. The first kappa shape index (κ1) is 20.2. The van der Waals surface area contributed by atoms with Crippen LogP contribution >= 0.6 is 0 Å². The number of nitrogens with zero attached hydrogens (tertiary/aromatic N) is 1. The van der Waals surface area contributed by atoms with Crippen LogP contribution in [0.5, 0.6) is 11.5 Å². The molecule has 0 saturated heterocycles. The van der Waals surface area contributed by atoms with Crippen molar-refractivity contribution in [3.8, 4) is 11.5 Å². The predicted molar refractivity (Wildman–Crippen MR) is 107 cm³/mol. The van der Waals surface area contributed by atoms with Crippen LogP contribution in [0.4, 0.5) is 5.69 Å². The molecule has 1 N–H and O–H groups in total. The number of carbonyl (C=O) groups excluding carboxylic acids is 1. The molecule has 0 fully saturated rings. The zero-order chi connectivity index (χ0) is 20.3. The summed E-state index contributed by atoms with van der Waals surface area (Å²) in [5, 5.41) is 2.81. The van der Waals surface area contributed by atoms with Gasteiger partial charge in [-0.3, -0.25) is 4.79 Å². The highest BCUT2D eigenvalue weighted by molar-refractivity contribution is 7.89. The van der Waals surface area contributed by atoms with Gasteiger partial charge in [0.1, 0.15) is 6.04 Å². The van der Waals surface area contributed by atoms with Crippen molar-refractivity contribution in [1.82, 2.24) is 4.31 Å². The van der Waals surface area contributed by atoms with Crippen LogP contribution in [0.1, 0.15) is 18.1 Å². The Labute approximate surface area is 165 Å². The number of carbonyl (C=O) groups is 1. The quantitative estimate of drug-likeness (QED) is 0.799. The molecular formula is C20H24N2O5S. The maximum absolute atomic E-state index is 13.0. The third kappa shape index (κ3) is 3.98. The molecule has 1 heterocycles. The van der Waals surface area contributed by atoms with Crippen molar-refractivity contribution in [2.45, 2.75) is 25.9 Å². The highest BCUT2D eigenvalue weighted by Crippen LogP contribution is 2.31. The van der Waals surface area contributed by atoms with Gasteiger partial charge in [-0.1, -0.05) is 24.3 Å². The molecule has 1 atom stereocenters.